The lowest BCUT2D eigenvalue weighted by atomic mass is 10.2. The fourth-order valence-electron chi connectivity index (χ4n) is 3.27. The number of halogens is 2. The van der Waals surface area contributed by atoms with Crippen molar-refractivity contribution in [2.24, 2.45) is 0 Å². The van der Waals surface area contributed by atoms with Crippen LogP contribution in [0, 0.1) is 0 Å². The Balaban J connectivity index is 1.62. The van der Waals surface area contributed by atoms with Crippen LogP contribution in [0.5, 0.6) is 0 Å². The SMILES string of the molecule is O=C(Nc1ccc(Br)cc1Cl)c1cccc(S(=O)(=O)N2CCc3ccccc32)c1. The summed E-state index contributed by atoms with van der Waals surface area (Å²) in [7, 11) is -3.77. The van der Waals surface area contributed by atoms with Gasteiger partial charge in [0.2, 0.25) is 0 Å². The van der Waals surface area contributed by atoms with Crippen molar-refractivity contribution in [3.8, 4) is 0 Å². The number of nitrogens with zero attached hydrogens (tertiary/aromatic N) is 1. The molecule has 148 valence electrons. The van der Waals surface area contributed by atoms with E-state index in [0.29, 0.717) is 29.4 Å². The number of carbonyl (C=O) groups is 1. The Morgan fingerprint density at radius 3 is 2.62 bits per heavy atom. The predicted molar refractivity (Wildman–Crippen MR) is 118 cm³/mol. The molecule has 1 aliphatic heterocycles. The highest BCUT2D eigenvalue weighted by Gasteiger charge is 2.30. The molecule has 0 spiro atoms. The first-order chi connectivity index (χ1) is 13.9. The molecular formula is C21H16BrClN2O3S. The molecule has 1 aliphatic rings. The Morgan fingerprint density at radius 2 is 1.83 bits per heavy atom. The van der Waals surface area contributed by atoms with E-state index in [2.05, 4.69) is 21.2 Å². The zero-order valence-corrected chi connectivity index (χ0v) is 18.3. The van der Waals surface area contributed by atoms with Crippen molar-refractivity contribution in [2.45, 2.75) is 11.3 Å². The van der Waals surface area contributed by atoms with Crippen LogP contribution in [0.3, 0.4) is 0 Å². The van der Waals surface area contributed by atoms with E-state index in [1.807, 2.05) is 18.2 Å². The van der Waals surface area contributed by atoms with E-state index in [-0.39, 0.29) is 10.5 Å². The molecular weight excluding hydrogens is 476 g/mol. The highest BCUT2D eigenvalue weighted by Crippen LogP contribution is 2.33. The van der Waals surface area contributed by atoms with Gasteiger partial charge in [-0.1, -0.05) is 51.8 Å². The number of fused-ring (bicyclic) bond motifs is 1. The minimum Gasteiger partial charge on any atom is -0.321 e. The van der Waals surface area contributed by atoms with Gasteiger partial charge in [-0.25, -0.2) is 8.42 Å². The summed E-state index contributed by atoms with van der Waals surface area (Å²) in [6, 6.07) is 18.6. The van der Waals surface area contributed by atoms with Gasteiger partial charge >= 0.3 is 0 Å². The summed E-state index contributed by atoms with van der Waals surface area (Å²) in [5.74, 6) is -0.437. The molecule has 3 aromatic rings. The van der Waals surface area contributed by atoms with E-state index in [0.717, 1.165) is 10.0 Å². The third kappa shape index (κ3) is 3.90. The number of anilines is 2. The number of benzene rings is 3. The van der Waals surface area contributed by atoms with Crippen LogP contribution in [-0.2, 0) is 16.4 Å². The second-order valence-electron chi connectivity index (χ2n) is 6.56. The van der Waals surface area contributed by atoms with Crippen LogP contribution >= 0.6 is 27.5 Å². The first-order valence-electron chi connectivity index (χ1n) is 8.83. The van der Waals surface area contributed by atoms with E-state index in [9.17, 15) is 13.2 Å². The molecule has 0 saturated heterocycles. The zero-order valence-electron chi connectivity index (χ0n) is 15.1. The number of carbonyl (C=O) groups excluding carboxylic acids is 1. The fraction of sp³-hybridized carbons (Fsp3) is 0.0952. The summed E-state index contributed by atoms with van der Waals surface area (Å²) in [6.45, 7) is 0.382. The van der Waals surface area contributed by atoms with Gasteiger partial charge in [-0.15, -0.1) is 0 Å². The maximum atomic E-state index is 13.2. The Morgan fingerprint density at radius 1 is 1.03 bits per heavy atom. The minimum absolute atomic E-state index is 0.0729. The lowest BCUT2D eigenvalue weighted by Crippen LogP contribution is -2.29. The van der Waals surface area contributed by atoms with Gasteiger partial charge in [0.25, 0.3) is 15.9 Å². The van der Waals surface area contributed by atoms with Gasteiger partial charge in [0, 0.05) is 16.6 Å². The van der Waals surface area contributed by atoms with E-state index in [1.165, 1.54) is 16.4 Å². The van der Waals surface area contributed by atoms with Crippen LogP contribution in [0.15, 0.2) is 76.1 Å². The van der Waals surface area contributed by atoms with Crippen molar-refractivity contribution >= 4 is 54.8 Å². The van der Waals surface area contributed by atoms with Crippen LogP contribution < -0.4 is 9.62 Å². The van der Waals surface area contributed by atoms with E-state index < -0.39 is 15.9 Å². The van der Waals surface area contributed by atoms with Crippen LogP contribution in [0.1, 0.15) is 15.9 Å². The first kappa shape index (κ1) is 19.9. The summed E-state index contributed by atoms with van der Waals surface area (Å²) >= 11 is 9.47. The monoisotopic (exact) mass is 490 g/mol. The summed E-state index contributed by atoms with van der Waals surface area (Å²) < 4.78 is 28.6. The van der Waals surface area contributed by atoms with E-state index in [1.54, 1.807) is 36.4 Å². The van der Waals surface area contributed by atoms with Gasteiger partial charge in [-0.2, -0.15) is 0 Å². The highest BCUT2D eigenvalue weighted by atomic mass is 79.9. The number of nitrogens with one attached hydrogen (secondary N) is 1. The maximum Gasteiger partial charge on any atom is 0.264 e. The molecule has 3 aromatic carbocycles. The van der Waals surface area contributed by atoms with Crippen molar-refractivity contribution in [3.63, 3.8) is 0 Å². The molecule has 0 radical (unpaired) electrons. The largest absolute Gasteiger partial charge is 0.321 e. The molecule has 0 saturated carbocycles. The summed E-state index contributed by atoms with van der Waals surface area (Å²) in [5.41, 5.74) is 2.36. The van der Waals surface area contributed by atoms with E-state index >= 15 is 0 Å². The topological polar surface area (TPSA) is 66.5 Å². The number of hydrogen-bond acceptors (Lipinski definition) is 3. The van der Waals surface area contributed by atoms with Gasteiger partial charge < -0.3 is 5.32 Å². The van der Waals surface area contributed by atoms with Crippen molar-refractivity contribution in [1.29, 1.82) is 0 Å². The molecule has 1 heterocycles. The molecule has 0 unspecified atom stereocenters. The summed E-state index contributed by atoms with van der Waals surface area (Å²) in [6.07, 6.45) is 0.664. The molecule has 0 fully saturated rings. The van der Waals surface area contributed by atoms with Crippen LogP contribution in [-0.4, -0.2) is 20.9 Å². The Hall–Kier alpha value is -2.35. The molecule has 0 aliphatic carbocycles. The number of rotatable bonds is 4. The van der Waals surface area contributed by atoms with Crippen LogP contribution in [0.2, 0.25) is 5.02 Å². The summed E-state index contributed by atoms with van der Waals surface area (Å²) in [5, 5.41) is 3.10. The van der Waals surface area contributed by atoms with Crippen LogP contribution in [0.25, 0.3) is 0 Å². The summed E-state index contributed by atoms with van der Waals surface area (Å²) in [4.78, 5) is 12.7. The third-order valence-electron chi connectivity index (χ3n) is 4.71. The fourth-order valence-corrected chi connectivity index (χ4v) is 5.54. The minimum atomic E-state index is -3.77. The molecule has 1 amide bonds. The van der Waals surface area contributed by atoms with Gasteiger partial charge in [-0.3, -0.25) is 9.10 Å². The molecule has 0 aromatic heterocycles. The molecule has 8 heteroatoms. The highest BCUT2D eigenvalue weighted by molar-refractivity contribution is 9.10. The van der Waals surface area contributed by atoms with Crippen molar-refractivity contribution < 1.29 is 13.2 Å². The Labute approximate surface area is 182 Å². The van der Waals surface area contributed by atoms with Gasteiger partial charge in [0.15, 0.2) is 0 Å². The smallest absolute Gasteiger partial charge is 0.264 e. The zero-order chi connectivity index (χ0) is 20.6. The molecule has 4 rings (SSSR count). The van der Waals surface area contributed by atoms with Crippen LogP contribution in [0.4, 0.5) is 11.4 Å². The average Bonchev–Trinajstić information content (AvgIpc) is 3.15. The maximum absolute atomic E-state index is 13.2. The first-order valence-corrected chi connectivity index (χ1v) is 11.4. The lowest BCUT2D eigenvalue weighted by Gasteiger charge is -2.20. The quantitative estimate of drug-likeness (QED) is 0.552. The molecule has 29 heavy (non-hydrogen) atoms. The van der Waals surface area contributed by atoms with Gasteiger partial charge in [0.05, 0.1) is 21.3 Å². The lowest BCUT2D eigenvalue weighted by molar-refractivity contribution is 0.102. The molecule has 0 atom stereocenters. The van der Waals surface area contributed by atoms with Crippen molar-refractivity contribution in [3.05, 3.63) is 87.4 Å². The number of para-hydroxylation sites is 1. The molecule has 0 bridgehead atoms. The number of sulfonamides is 1. The average molecular weight is 492 g/mol. The standard InChI is InChI=1S/C21H16BrClN2O3S/c22-16-8-9-19(18(23)13-16)24-21(26)15-5-3-6-17(12-15)29(27,28)25-11-10-14-4-1-2-7-20(14)25/h1-9,12-13H,10-11H2,(H,24,26). The third-order valence-corrected chi connectivity index (χ3v) is 7.32. The second-order valence-corrected chi connectivity index (χ2v) is 9.75. The second kappa shape index (κ2) is 7.82. The molecule has 1 N–H and O–H groups in total. The Bertz CT molecular complexity index is 1210. The number of hydrogen-bond donors (Lipinski definition) is 1. The number of amides is 1. The molecule has 5 nitrogen and oxygen atoms in total. The normalized spacial score (nSPS) is 13.2. The van der Waals surface area contributed by atoms with Crippen molar-refractivity contribution in [1.82, 2.24) is 0 Å². The van der Waals surface area contributed by atoms with Crippen molar-refractivity contribution in [2.75, 3.05) is 16.2 Å². The van der Waals surface area contributed by atoms with Gasteiger partial charge in [0.1, 0.15) is 0 Å². The Kier molecular flexibility index (Phi) is 5.38. The van der Waals surface area contributed by atoms with E-state index in [4.69, 9.17) is 11.6 Å². The van der Waals surface area contributed by atoms with Gasteiger partial charge in [-0.05, 0) is 54.4 Å². The predicted octanol–water partition coefficient (Wildman–Crippen LogP) is 5.11.